The second-order valence-corrected chi connectivity index (χ2v) is 12.0. The predicted octanol–water partition coefficient (Wildman–Crippen LogP) is 11.4. The molecule has 0 bridgehead atoms. The minimum absolute atomic E-state index is 0.150. The van der Waals surface area contributed by atoms with Crippen molar-refractivity contribution in [1.29, 1.82) is 0 Å². The zero-order chi connectivity index (χ0) is 28.1. The number of hydrogen-bond donors (Lipinski definition) is 0. The normalized spacial score (nSPS) is 17.1. The van der Waals surface area contributed by atoms with Crippen molar-refractivity contribution in [3.63, 3.8) is 0 Å². The van der Waals surface area contributed by atoms with Crippen LogP contribution in [0.1, 0.15) is 17.5 Å². The average Bonchev–Trinajstić information content (AvgIpc) is 3.56. The highest BCUT2D eigenvalue weighted by Gasteiger charge is 2.31. The molecule has 7 aromatic carbocycles. The fourth-order valence-corrected chi connectivity index (χ4v) is 8.07. The molecule has 10 rings (SSSR count). The lowest BCUT2D eigenvalue weighted by molar-refractivity contribution is 0.578. The minimum Gasteiger partial charge on any atom is -0.332 e. The van der Waals surface area contributed by atoms with Gasteiger partial charge in [0.15, 0.2) is 0 Å². The number of aromatic nitrogens is 1. The quantitative estimate of drug-likeness (QED) is 0.190. The molecule has 2 aliphatic rings. The Bertz CT molecular complexity index is 2470. The number of fused-ring (bicyclic) bond motifs is 9. The second kappa shape index (κ2) is 8.56. The van der Waals surface area contributed by atoms with Gasteiger partial charge in [0.05, 0.1) is 6.04 Å². The van der Waals surface area contributed by atoms with E-state index in [2.05, 4.69) is 156 Å². The standard InChI is InChI=1S/C42H27N/c1-2-12-27-24-36-35(23-26(27)11-1)34-22-21-33(41-29-14-4-3-13-28(29)25-37(36)42(34)41)32-17-7-10-20-40(32)43-38-18-8-5-15-30(38)31-16-6-9-19-39(31)43/h1-25,32,40H. The van der Waals surface area contributed by atoms with E-state index in [0.29, 0.717) is 0 Å². The molecule has 0 spiro atoms. The van der Waals surface area contributed by atoms with Crippen molar-refractivity contribution in [3.8, 4) is 22.3 Å². The Morgan fingerprint density at radius 3 is 1.70 bits per heavy atom. The van der Waals surface area contributed by atoms with Crippen molar-refractivity contribution >= 4 is 54.1 Å². The van der Waals surface area contributed by atoms with Crippen LogP contribution in [0.15, 0.2) is 152 Å². The lowest BCUT2D eigenvalue weighted by Crippen LogP contribution is -2.17. The van der Waals surface area contributed by atoms with Gasteiger partial charge in [-0.3, -0.25) is 0 Å². The Hall–Kier alpha value is -5.40. The summed E-state index contributed by atoms with van der Waals surface area (Å²) in [5, 5.41) is 10.6. The van der Waals surface area contributed by atoms with Crippen molar-refractivity contribution in [1.82, 2.24) is 4.57 Å². The summed E-state index contributed by atoms with van der Waals surface area (Å²) in [6.45, 7) is 0. The number of hydrogen-bond acceptors (Lipinski definition) is 0. The third-order valence-electron chi connectivity index (χ3n) is 9.88. The summed E-state index contributed by atoms with van der Waals surface area (Å²) in [4.78, 5) is 0. The number of para-hydroxylation sites is 2. The Morgan fingerprint density at radius 2 is 0.977 bits per heavy atom. The Morgan fingerprint density at radius 1 is 0.419 bits per heavy atom. The van der Waals surface area contributed by atoms with Gasteiger partial charge in [-0.05, 0) is 90.5 Å². The molecule has 1 heteroatoms. The van der Waals surface area contributed by atoms with E-state index >= 15 is 0 Å². The average molecular weight is 546 g/mol. The van der Waals surface area contributed by atoms with Crippen LogP contribution in [0.2, 0.25) is 0 Å². The molecule has 0 fully saturated rings. The zero-order valence-electron chi connectivity index (χ0n) is 23.5. The van der Waals surface area contributed by atoms with Crippen molar-refractivity contribution in [3.05, 3.63) is 157 Å². The van der Waals surface area contributed by atoms with Crippen LogP contribution in [0.4, 0.5) is 0 Å². The fourth-order valence-electron chi connectivity index (χ4n) is 8.07. The Balaban J connectivity index is 1.29. The van der Waals surface area contributed by atoms with E-state index in [1.54, 1.807) is 0 Å². The van der Waals surface area contributed by atoms with E-state index in [4.69, 9.17) is 0 Å². The van der Waals surface area contributed by atoms with Gasteiger partial charge in [0.2, 0.25) is 0 Å². The van der Waals surface area contributed by atoms with Gasteiger partial charge in [-0.1, -0.05) is 121 Å². The first-order valence-electron chi connectivity index (χ1n) is 15.2. The van der Waals surface area contributed by atoms with Gasteiger partial charge < -0.3 is 4.57 Å². The van der Waals surface area contributed by atoms with E-state index in [1.807, 2.05) is 0 Å². The summed E-state index contributed by atoms with van der Waals surface area (Å²) in [5.41, 5.74) is 9.36. The van der Waals surface area contributed by atoms with Crippen molar-refractivity contribution in [2.75, 3.05) is 0 Å². The number of nitrogens with zero attached hydrogens (tertiary/aromatic N) is 1. The van der Waals surface area contributed by atoms with Crippen LogP contribution in [0.3, 0.4) is 0 Å². The van der Waals surface area contributed by atoms with Gasteiger partial charge in [-0.15, -0.1) is 0 Å². The molecule has 1 heterocycles. The van der Waals surface area contributed by atoms with E-state index < -0.39 is 0 Å². The first-order valence-corrected chi connectivity index (χ1v) is 15.2. The second-order valence-electron chi connectivity index (χ2n) is 12.0. The van der Waals surface area contributed by atoms with Crippen LogP contribution in [0, 0.1) is 0 Å². The zero-order valence-corrected chi connectivity index (χ0v) is 23.5. The summed E-state index contributed by atoms with van der Waals surface area (Å²) in [6, 6.07) is 47.6. The molecule has 1 nitrogen and oxygen atoms in total. The summed E-state index contributed by atoms with van der Waals surface area (Å²) in [7, 11) is 0. The maximum Gasteiger partial charge on any atom is 0.0629 e. The highest BCUT2D eigenvalue weighted by Crippen LogP contribution is 2.53. The maximum atomic E-state index is 2.57. The van der Waals surface area contributed by atoms with E-state index in [-0.39, 0.29) is 12.0 Å². The third kappa shape index (κ3) is 3.12. The van der Waals surface area contributed by atoms with Crippen LogP contribution in [-0.2, 0) is 0 Å². The molecule has 200 valence electrons. The molecule has 0 amide bonds. The number of benzene rings is 7. The van der Waals surface area contributed by atoms with Crippen LogP contribution in [0.5, 0.6) is 0 Å². The fraction of sp³-hybridized carbons (Fsp3) is 0.0476. The topological polar surface area (TPSA) is 4.93 Å². The molecule has 2 aliphatic carbocycles. The lowest BCUT2D eigenvalue weighted by atomic mass is 9.82. The molecular formula is C42H27N. The van der Waals surface area contributed by atoms with Crippen molar-refractivity contribution in [2.45, 2.75) is 12.0 Å². The van der Waals surface area contributed by atoms with E-state index in [9.17, 15) is 0 Å². The molecule has 2 unspecified atom stereocenters. The van der Waals surface area contributed by atoms with Gasteiger partial charge in [-0.2, -0.15) is 0 Å². The highest BCUT2D eigenvalue weighted by atomic mass is 15.0. The molecule has 8 aromatic rings. The van der Waals surface area contributed by atoms with Gasteiger partial charge in [-0.25, -0.2) is 0 Å². The van der Waals surface area contributed by atoms with E-state index in [0.717, 1.165) is 0 Å². The largest absolute Gasteiger partial charge is 0.332 e. The van der Waals surface area contributed by atoms with Crippen molar-refractivity contribution < 1.29 is 0 Å². The monoisotopic (exact) mass is 545 g/mol. The Kier molecular flexibility index (Phi) is 4.62. The summed E-state index contributed by atoms with van der Waals surface area (Å²) >= 11 is 0. The molecule has 2 atom stereocenters. The molecule has 0 aliphatic heterocycles. The highest BCUT2D eigenvalue weighted by molar-refractivity contribution is 6.25. The molecule has 0 saturated carbocycles. The number of rotatable bonds is 2. The lowest BCUT2D eigenvalue weighted by Gasteiger charge is -2.29. The van der Waals surface area contributed by atoms with Gasteiger partial charge in [0.25, 0.3) is 0 Å². The van der Waals surface area contributed by atoms with Gasteiger partial charge in [0, 0.05) is 27.7 Å². The molecule has 0 N–H and O–H groups in total. The molecular weight excluding hydrogens is 518 g/mol. The van der Waals surface area contributed by atoms with Crippen molar-refractivity contribution in [2.24, 2.45) is 0 Å². The number of allylic oxidation sites excluding steroid dienone is 4. The first kappa shape index (κ1) is 23.2. The molecule has 1 aromatic heterocycles. The first-order chi connectivity index (χ1) is 21.3. The van der Waals surface area contributed by atoms with E-state index in [1.165, 1.54) is 81.9 Å². The van der Waals surface area contributed by atoms with Crippen LogP contribution < -0.4 is 0 Å². The predicted molar refractivity (Wildman–Crippen MR) is 183 cm³/mol. The summed E-state index contributed by atoms with van der Waals surface area (Å²) in [5.74, 6) is 0.180. The molecule has 0 radical (unpaired) electrons. The summed E-state index contributed by atoms with van der Waals surface area (Å²) in [6.07, 6.45) is 9.28. The minimum atomic E-state index is 0.150. The van der Waals surface area contributed by atoms with Gasteiger partial charge >= 0.3 is 0 Å². The molecule has 0 saturated heterocycles. The van der Waals surface area contributed by atoms with Gasteiger partial charge in [0.1, 0.15) is 0 Å². The Labute approximate surface area is 249 Å². The molecule has 43 heavy (non-hydrogen) atoms. The SMILES string of the molecule is C1=CC(c2ccc3c4c(cc5ccccc5c24)-c2cc4ccccc4cc2-3)C(n2c3ccccc3c3ccccc32)C=C1. The van der Waals surface area contributed by atoms with Crippen LogP contribution >= 0.6 is 0 Å². The third-order valence-corrected chi connectivity index (χ3v) is 9.88. The summed E-state index contributed by atoms with van der Waals surface area (Å²) < 4.78 is 2.57. The smallest absolute Gasteiger partial charge is 0.0629 e. The maximum absolute atomic E-state index is 2.57. The van der Waals surface area contributed by atoms with Crippen LogP contribution in [0.25, 0.3) is 76.4 Å². The van der Waals surface area contributed by atoms with Crippen LogP contribution in [-0.4, -0.2) is 4.57 Å².